The van der Waals surface area contributed by atoms with Crippen molar-refractivity contribution in [3.8, 4) is 0 Å². The van der Waals surface area contributed by atoms with E-state index in [1.807, 2.05) is 6.92 Å². The van der Waals surface area contributed by atoms with E-state index in [0.29, 0.717) is 5.92 Å². The molecule has 0 spiro atoms. The number of anilines is 1. The second-order valence-corrected chi connectivity index (χ2v) is 5.61. The van der Waals surface area contributed by atoms with E-state index in [2.05, 4.69) is 25.7 Å². The molecule has 1 N–H and O–H groups in total. The minimum atomic E-state index is 0.0837. The molecule has 19 heavy (non-hydrogen) atoms. The molecule has 0 aliphatic carbocycles. The number of ether oxygens (including phenoxy) is 1. The van der Waals surface area contributed by atoms with Gasteiger partial charge in [-0.05, 0) is 26.2 Å². The standard InChI is InChI=1S/C14H26N2O2S/c1-5-11(4)13-12(10-17)19-14(15-13)16(6-2)8-9-18-7-3/h11,17H,5-10H2,1-4H3. The van der Waals surface area contributed by atoms with Crippen molar-refractivity contribution in [2.75, 3.05) is 31.2 Å². The van der Waals surface area contributed by atoms with Gasteiger partial charge in [0.25, 0.3) is 0 Å². The Balaban J connectivity index is 2.83. The quantitative estimate of drug-likeness (QED) is 0.709. The zero-order valence-electron chi connectivity index (χ0n) is 12.5. The Morgan fingerprint density at radius 3 is 2.63 bits per heavy atom. The smallest absolute Gasteiger partial charge is 0.185 e. The molecular formula is C14H26N2O2S. The molecule has 1 heterocycles. The van der Waals surface area contributed by atoms with E-state index in [-0.39, 0.29) is 6.61 Å². The van der Waals surface area contributed by atoms with Gasteiger partial charge in [-0.1, -0.05) is 25.2 Å². The molecule has 110 valence electrons. The lowest BCUT2D eigenvalue weighted by atomic mass is 10.0. The fourth-order valence-electron chi connectivity index (χ4n) is 1.89. The number of hydrogen-bond acceptors (Lipinski definition) is 5. The van der Waals surface area contributed by atoms with E-state index < -0.39 is 0 Å². The Morgan fingerprint density at radius 1 is 1.37 bits per heavy atom. The van der Waals surface area contributed by atoms with Crippen LogP contribution in [0.4, 0.5) is 5.13 Å². The minimum absolute atomic E-state index is 0.0837. The van der Waals surface area contributed by atoms with E-state index in [9.17, 15) is 5.11 Å². The van der Waals surface area contributed by atoms with Crippen molar-refractivity contribution in [1.82, 2.24) is 4.98 Å². The molecule has 1 aromatic heterocycles. The van der Waals surface area contributed by atoms with Crippen molar-refractivity contribution in [3.05, 3.63) is 10.6 Å². The first-order valence-corrected chi connectivity index (χ1v) is 7.92. The topological polar surface area (TPSA) is 45.6 Å². The van der Waals surface area contributed by atoms with Crippen molar-refractivity contribution in [3.63, 3.8) is 0 Å². The number of rotatable bonds is 9. The number of aromatic nitrogens is 1. The highest BCUT2D eigenvalue weighted by Crippen LogP contribution is 2.32. The van der Waals surface area contributed by atoms with Crippen LogP contribution >= 0.6 is 11.3 Å². The number of likely N-dealkylation sites (N-methyl/N-ethyl adjacent to an activating group) is 1. The molecule has 0 saturated heterocycles. The van der Waals surface area contributed by atoms with E-state index in [1.54, 1.807) is 11.3 Å². The molecule has 0 aromatic carbocycles. The molecule has 0 amide bonds. The second kappa shape index (κ2) is 8.51. The molecule has 0 saturated carbocycles. The Hall–Kier alpha value is -0.650. The van der Waals surface area contributed by atoms with Crippen molar-refractivity contribution < 1.29 is 9.84 Å². The van der Waals surface area contributed by atoms with Gasteiger partial charge >= 0.3 is 0 Å². The Labute approximate surface area is 120 Å². The molecule has 0 aliphatic heterocycles. The van der Waals surface area contributed by atoms with Crippen LogP contribution in [0.5, 0.6) is 0 Å². The first kappa shape index (κ1) is 16.4. The summed E-state index contributed by atoms with van der Waals surface area (Å²) in [5, 5.41) is 10.5. The number of thiazole rings is 1. The van der Waals surface area contributed by atoms with Gasteiger partial charge in [0, 0.05) is 19.7 Å². The summed E-state index contributed by atoms with van der Waals surface area (Å²) < 4.78 is 5.41. The van der Waals surface area contributed by atoms with Crippen LogP contribution in [0.15, 0.2) is 0 Å². The maximum Gasteiger partial charge on any atom is 0.185 e. The molecule has 1 unspecified atom stereocenters. The van der Waals surface area contributed by atoms with Gasteiger partial charge in [-0.15, -0.1) is 0 Å². The summed E-state index contributed by atoms with van der Waals surface area (Å²) in [6.07, 6.45) is 1.04. The summed E-state index contributed by atoms with van der Waals surface area (Å²) in [6.45, 7) is 11.7. The summed E-state index contributed by atoms with van der Waals surface area (Å²) >= 11 is 1.60. The summed E-state index contributed by atoms with van der Waals surface area (Å²) in [4.78, 5) is 7.94. The van der Waals surface area contributed by atoms with E-state index >= 15 is 0 Å². The van der Waals surface area contributed by atoms with Gasteiger partial charge in [0.1, 0.15) is 0 Å². The predicted molar refractivity (Wildman–Crippen MR) is 81.1 cm³/mol. The first-order valence-electron chi connectivity index (χ1n) is 7.10. The van der Waals surface area contributed by atoms with Crippen molar-refractivity contribution in [2.24, 2.45) is 0 Å². The molecule has 4 nitrogen and oxygen atoms in total. The normalized spacial score (nSPS) is 12.7. The maximum atomic E-state index is 9.47. The molecule has 0 aliphatic rings. The third kappa shape index (κ3) is 4.44. The van der Waals surface area contributed by atoms with E-state index in [0.717, 1.165) is 48.4 Å². The molecule has 0 bridgehead atoms. The van der Waals surface area contributed by atoms with Crippen LogP contribution in [-0.2, 0) is 11.3 Å². The molecule has 1 atom stereocenters. The molecule has 5 heteroatoms. The van der Waals surface area contributed by atoms with Crippen LogP contribution in [0.1, 0.15) is 50.6 Å². The zero-order valence-corrected chi connectivity index (χ0v) is 13.3. The third-order valence-electron chi connectivity index (χ3n) is 3.30. The number of aliphatic hydroxyl groups excluding tert-OH is 1. The van der Waals surface area contributed by atoms with Crippen LogP contribution in [0.25, 0.3) is 0 Å². The van der Waals surface area contributed by atoms with Crippen LogP contribution in [0, 0.1) is 0 Å². The average molecular weight is 286 g/mol. The van der Waals surface area contributed by atoms with Gasteiger partial charge in [0.2, 0.25) is 0 Å². The van der Waals surface area contributed by atoms with Gasteiger partial charge in [0.05, 0.1) is 23.8 Å². The lowest BCUT2D eigenvalue weighted by molar-refractivity contribution is 0.154. The Morgan fingerprint density at radius 2 is 2.11 bits per heavy atom. The summed E-state index contributed by atoms with van der Waals surface area (Å²) in [5.74, 6) is 0.401. The lowest BCUT2D eigenvalue weighted by Crippen LogP contribution is -2.27. The summed E-state index contributed by atoms with van der Waals surface area (Å²) in [5.41, 5.74) is 1.06. The van der Waals surface area contributed by atoms with Gasteiger partial charge in [-0.2, -0.15) is 0 Å². The minimum Gasteiger partial charge on any atom is -0.391 e. The fraction of sp³-hybridized carbons (Fsp3) is 0.786. The molecule has 0 radical (unpaired) electrons. The van der Waals surface area contributed by atoms with Crippen LogP contribution in [0.2, 0.25) is 0 Å². The monoisotopic (exact) mass is 286 g/mol. The van der Waals surface area contributed by atoms with Crippen molar-refractivity contribution >= 4 is 16.5 Å². The highest BCUT2D eigenvalue weighted by molar-refractivity contribution is 7.15. The molecule has 1 rings (SSSR count). The average Bonchev–Trinajstić information content (AvgIpc) is 2.86. The largest absolute Gasteiger partial charge is 0.391 e. The first-order chi connectivity index (χ1) is 9.17. The third-order valence-corrected chi connectivity index (χ3v) is 4.42. The van der Waals surface area contributed by atoms with Crippen LogP contribution in [0.3, 0.4) is 0 Å². The van der Waals surface area contributed by atoms with Gasteiger partial charge in [0.15, 0.2) is 5.13 Å². The van der Waals surface area contributed by atoms with Crippen LogP contribution < -0.4 is 4.90 Å². The Bertz CT molecular complexity index is 368. The summed E-state index contributed by atoms with van der Waals surface area (Å²) in [7, 11) is 0. The van der Waals surface area contributed by atoms with Crippen molar-refractivity contribution in [1.29, 1.82) is 0 Å². The number of aliphatic hydroxyl groups is 1. The van der Waals surface area contributed by atoms with E-state index in [1.165, 1.54) is 0 Å². The highest BCUT2D eigenvalue weighted by atomic mass is 32.1. The van der Waals surface area contributed by atoms with Crippen molar-refractivity contribution in [2.45, 2.75) is 46.6 Å². The zero-order chi connectivity index (χ0) is 14.3. The maximum absolute atomic E-state index is 9.47. The lowest BCUT2D eigenvalue weighted by Gasteiger charge is -2.19. The van der Waals surface area contributed by atoms with E-state index in [4.69, 9.17) is 9.72 Å². The van der Waals surface area contributed by atoms with Gasteiger partial charge in [-0.25, -0.2) is 4.98 Å². The second-order valence-electron chi connectivity index (χ2n) is 4.55. The Kier molecular flexibility index (Phi) is 7.34. The fourth-order valence-corrected chi connectivity index (χ4v) is 3.02. The number of nitrogens with zero attached hydrogens (tertiary/aromatic N) is 2. The predicted octanol–water partition coefficient (Wildman–Crippen LogP) is 3.01. The van der Waals surface area contributed by atoms with Gasteiger partial charge in [-0.3, -0.25) is 0 Å². The summed E-state index contributed by atoms with van der Waals surface area (Å²) in [6, 6.07) is 0. The molecule has 1 aromatic rings. The van der Waals surface area contributed by atoms with Gasteiger partial charge < -0.3 is 14.7 Å². The molecule has 0 fully saturated rings. The SMILES string of the molecule is CCOCCN(CC)c1nc(C(C)CC)c(CO)s1. The highest BCUT2D eigenvalue weighted by Gasteiger charge is 2.18. The molecular weight excluding hydrogens is 260 g/mol. The van der Waals surface area contributed by atoms with Crippen LogP contribution in [-0.4, -0.2) is 36.4 Å². The number of hydrogen-bond donors (Lipinski definition) is 1.